The van der Waals surface area contributed by atoms with E-state index >= 15 is 0 Å². The van der Waals surface area contributed by atoms with E-state index in [0.29, 0.717) is 23.3 Å². The van der Waals surface area contributed by atoms with Gasteiger partial charge in [0.05, 0.1) is 17.7 Å². The fourth-order valence-electron chi connectivity index (χ4n) is 3.40. The molecule has 0 bridgehead atoms. The molecule has 8 heteroatoms. The van der Waals surface area contributed by atoms with Gasteiger partial charge in [-0.15, -0.1) is 0 Å². The van der Waals surface area contributed by atoms with Crippen molar-refractivity contribution in [2.45, 2.75) is 19.7 Å². The summed E-state index contributed by atoms with van der Waals surface area (Å²) in [5.74, 6) is -0.615. The van der Waals surface area contributed by atoms with Gasteiger partial charge >= 0.3 is 12.1 Å². The Bertz CT molecular complexity index is 1250. The molecule has 164 valence electrons. The number of halogens is 3. The Morgan fingerprint density at radius 1 is 1.03 bits per heavy atom. The number of carbonyl (C=O) groups excluding carboxylic acids is 1. The Balaban J connectivity index is 1.81. The number of ether oxygens (including phenoxy) is 2. The molecule has 0 aliphatic heterocycles. The molecule has 0 fully saturated rings. The van der Waals surface area contributed by atoms with E-state index < -0.39 is 23.5 Å². The summed E-state index contributed by atoms with van der Waals surface area (Å²) < 4.78 is 53.1. The SMILES string of the molecule is CCOC(=O)c1cc2cc(OCc3ccccc3)ccc2n1-c1ncccc1C(F)(F)F. The average molecular weight is 440 g/mol. The van der Waals surface area contributed by atoms with Crippen molar-refractivity contribution in [3.05, 3.63) is 89.7 Å². The molecule has 0 amide bonds. The van der Waals surface area contributed by atoms with Crippen molar-refractivity contribution in [1.82, 2.24) is 9.55 Å². The largest absolute Gasteiger partial charge is 0.489 e. The molecule has 0 aliphatic rings. The van der Waals surface area contributed by atoms with Gasteiger partial charge in [-0.2, -0.15) is 13.2 Å². The van der Waals surface area contributed by atoms with Crippen molar-refractivity contribution in [2.75, 3.05) is 6.61 Å². The molecule has 2 aromatic heterocycles. The van der Waals surface area contributed by atoms with Crippen molar-refractivity contribution in [1.29, 1.82) is 0 Å². The second kappa shape index (κ2) is 8.74. The molecule has 0 aliphatic carbocycles. The molecule has 4 rings (SSSR count). The fourth-order valence-corrected chi connectivity index (χ4v) is 3.40. The molecule has 32 heavy (non-hydrogen) atoms. The monoisotopic (exact) mass is 440 g/mol. The standard InChI is InChI=1S/C24H19F3N2O3/c1-2-31-23(30)21-14-17-13-18(32-15-16-7-4-3-5-8-16)10-11-20(17)29(21)22-19(24(25,26)27)9-6-12-28-22/h3-14H,2,15H2,1H3. The highest BCUT2D eigenvalue weighted by Gasteiger charge is 2.36. The summed E-state index contributed by atoms with van der Waals surface area (Å²) in [4.78, 5) is 16.5. The number of alkyl halides is 3. The number of rotatable bonds is 6. The van der Waals surface area contributed by atoms with Crippen LogP contribution in [0.4, 0.5) is 13.2 Å². The van der Waals surface area contributed by atoms with Crippen LogP contribution < -0.4 is 4.74 Å². The molecule has 0 saturated carbocycles. The van der Waals surface area contributed by atoms with Gasteiger partial charge in [0.25, 0.3) is 0 Å². The number of fused-ring (bicyclic) bond motifs is 1. The Kier molecular flexibility index (Phi) is 5.85. The third-order valence-electron chi connectivity index (χ3n) is 4.81. The Labute approximate surface area is 182 Å². The van der Waals surface area contributed by atoms with Crippen LogP contribution in [0, 0.1) is 0 Å². The first-order valence-electron chi connectivity index (χ1n) is 9.90. The molecule has 0 radical (unpaired) electrons. The predicted molar refractivity (Wildman–Crippen MR) is 113 cm³/mol. The average Bonchev–Trinajstić information content (AvgIpc) is 3.17. The smallest absolute Gasteiger partial charge is 0.419 e. The highest BCUT2D eigenvalue weighted by Crippen LogP contribution is 2.36. The first kappa shape index (κ1) is 21.4. The van der Waals surface area contributed by atoms with Crippen LogP contribution in [0.2, 0.25) is 0 Å². The minimum absolute atomic E-state index is 0.0498. The van der Waals surface area contributed by atoms with Gasteiger partial charge in [0.15, 0.2) is 0 Å². The van der Waals surface area contributed by atoms with Gasteiger partial charge in [-0.05, 0) is 48.9 Å². The zero-order chi connectivity index (χ0) is 22.7. The molecular weight excluding hydrogens is 421 g/mol. The highest BCUT2D eigenvalue weighted by molar-refractivity contribution is 5.97. The Hall–Kier alpha value is -3.81. The maximum atomic E-state index is 13.7. The van der Waals surface area contributed by atoms with Crippen LogP contribution in [-0.4, -0.2) is 22.1 Å². The van der Waals surface area contributed by atoms with Crippen LogP contribution in [0.5, 0.6) is 5.75 Å². The van der Waals surface area contributed by atoms with Crippen LogP contribution in [0.1, 0.15) is 28.5 Å². The summed E-state index contributed by atoms with van der Waals surface area (Å²) in [6.45, 7) is 2.04. The topological polar surface area (TPSA) is 53.4 Å². The van der Waals surface area contributed by atoms with E-state index in [9.17, 15) is 18.0 Å². The summed E-state index contributed by atoms with van der Waals surface area (Å²) in [5, 5.41) is 0.525. The number of esters is 1. The Morgan fingerprint density at radius 3 is 2.53 bits per heavy atom. The van der Waals surface area contributed by atoms with E-state index in [1.165, 1.54) is 22.9 Å². The molecule has 4 aromatic rings. The zero-order valence-electron chi connectivity index (χ0n) is 17.1. The first-order chi connectivity index (χ1) is 15.4. The van der Waals surface area contributed by atoms with Gasteiger partial charge in [-0.25, -0.2) is 9.78 Å². The minimum atomic E-state index is -4.65. The lowest BCUT2D eigenvalue weighted by atomic mass is 10.2. The van der Waals surface area contributed by atoms with E-state index in [1.54, 1.807) is 25.1 Å². The number of hydrogen-bond acceptors (Lipinski definition) is 4. The zero-order valence-corrected chi connectivity index (χ0v) is 17.1. The maximum absolute atomic E-state index is 13.7. The van der Waals surface area contributed by atoms with Crippen LogP contribution >= 0.6 is 0 Å². The number of pyridine rings is 1. The molecular formula is C24H19F3N2O3. The summed E-state index contributed by atoms with van der Waals surface area (Å²) in [7, 11) is 0. The predicted octanol–water partition coefficient (Wildman–Crippen LogP) is 5.80. The van der Waals surface area contributed by atoms with Crippen molar-refractivity contribution in [3.63, 3.8) is 0 Å². The second-order valence-electron chi connectivity index (χ2n) is 6.95. The second-order valence-corrected chi connectivity index (χ2v) is 6.95. The third-order valence-corrected chi connectivity index (χ3v) is 4.81. The molecule has 0 spiro atoms. The van der Waals surface area contributed by atoms with E-state index in [4.69, 9.17) is 9.47 Å². The molecule has 5 nitrogen and oxygen atoms in total. The fraction of sp³-hybridized carbons (Fsp3) is 0.167. The molecule has 0 saturated heterocycles. The van der Waals surface area contributed by atoms with Crippen LogP contribution in [0.15, 0.2) is 72.9 Å². The third kappa shape index (κ3) is 4.30. The van der Waals surface area contributed by atoms with Crippen molar-refractivity contribution in [2.24, 2.45) is 0 Å². The van der Waals surface area contributed by atoms with Gasteiger partial charge < -0.3 is 9.47 Å². The number of aromatic nitrogens is 2. The first-order valence-corrected chi connectivity index (χ1v) is 9.90. The lowest BCUT2D eigenvalue weighted by molar-refractivity contribution is -0.137. The van der Waals surface area contributed by atoms with Gasteiger partial charge in [0.2, 0.25) is 0 Å². The van der Waals surface area contributed by atoms with Crippen LogP contribution in [-0.2, 0) is 17.5 Å². The summed E-state index contributed by atoms with van der Waals surface area (Å²) in [6.07, 6.45) is -3.40. The molecule has 0 N–H and O–H groups in total. The maximum Gasteiger partial charge on any atom is 0.419 e. The number of carbonyl (C=O) groups is 1. The van der Waals surface area contributed by atoms with E-state index in [0.717, 1.165) is 11.6 Å². The van der Waals surface area contributed by atoms with Crippen molar-refractivity contribution < 1.29 is 27.4 Å². The minimum Gasteiger partial charge on any atom is -0.489 e. The normalized spacial score (nSPS) is 11.5. The molecule has 0 unspecified atom stereocenters. The van der Waals surface area contributed by atoms with E-state index in [1.807, 2.05) is 30.3 Å². The summed E-state index contributed by atoms with van der Waals surface area (Å²) in [6, 6.07) is 18.1. The molecule has 0 atom stereocenters. The lowest BCUT2D eigenvalue weighted by Crippen LogP contribution is -2.16. The molecule has 2 aromatic carbocycles. The van der Waals surface area contributed by atoms with Gasteiger partial charge in [0, 0.05) is 11.6 Å². The summed E-state index contributed by atoms with van der Waals surface area (Å²) in [5.41, 5.74) is 0.351. The highest BCUT2D eigenvalue weighted by atomic mass is 19.4. The lowest BCUT2D eigenvalue weighted by Gasteiger charge is -2.15. The number of hydrogen-bond donors (Lipinski definition) is 0. The summed E-state index contributed by atoms with van der Waals surface area (Å²) >= 11 is 0. The van der Waals surface area contributed by atoms with Gasteiger partial charge in [-0.1, -0.05) is 30.3 Å². The van der Waals surface area contributed by atoms with Crippen molar-refractivity contribution in [3.8, 4) is 11.6 Å². The molecule has 2 heterocycles. The van der Waals surface area contributed by atoms with E-state index in [-0.39, 0.29) is 12.3 Å². The Morgan fingerprint density at radius 2 is 1.81 bits per heavy atom. The van der Waals surface area contributed by atoms with Crippen LogP contribution in [0.3, 0.4) is 0 Å². The van der Waals surface area contributed by atoms with Gasteiger partial charge in [0.1, 0.15) is 23.9 Å². The number of nitrogens with zero attached hydrogens (tertiary/aromatic N) is 2. The van der Waals surface area contributed by atoms with Crippen molar-refractivity contribution >= 4 is 16.9 Å². The van der Waals surface area contributed by atoms with E-state index in [2.05, 4.69) is 4.98 Å². The number of benzene rings is 2. The van der Waals surface area contributed by atoms with Gasteiger partial charge in [-0.3, -0.25) is 4.57 Å². The van der Waals surface area contributed by atoms with Crippen LogP contribution in [0.25, 0.3) is 16.7 Å². The quantitative estimate of drug-likeness (QED) is 0.356.